The Morgan fingerprint density at radius 2 is 2.14 bits per heavy atom. The molecular weight excluding hydrogens is 293 g/mol. The lowest BCUT2D eigenvalue weighted by Gasteiger charge is -2.10. The molecule has 0 atom stereocenters. The maximum Gasteiger partial charge on any atom is 0.272 e. The molecule has 1 amide bonds. The van der Waals surface area contributed by atoms with Gasteiger partial charge >= 0.3 is 0 Å². The number of non-ortho nitro benzene ring substituents is 1. The van der Waals surface area contributed by atoms with Gasteiger partial charge in [0, 0.05) is 12.3 Å². The van der Waals surface area contributed by atoms with Crippen molar-refractivity contribution in [3.05, 3.63) is 57.5 Å². The van der Waals surface area contributed by atoms with E-state index in [9.17, 15) is 19.3 Å². The summed E-state index contributed by atoms with van der Waals surface area (Å²) in [6.07, 6.45) is 1.56. The number of pyridine rings is 1. The lowest BCUT2D eigenvalue weighted by molar-refractivity contribution is -0.385. The Bertz CT molecular complexity index is 749. The number of ether oxygens (including phenoxy) is 1. The summed E-state index contributed by atoms with van der Waals surface area (Å²) in [4.78, 5) is 25.9. The Hall–Kier alpha value is -3.03. The summed E-state index contributed by atoms with van der Waals surface area (Å²) in [7, 11) is 1.39. The van der Waals surface area contributed by atoms with E-state index in [0.29, 0.717) is 6.07 Å². The molecule has 7 nitrogen and oxygen atoms in total. The monoisotopic (exact) mass is 305 g/mol. The van der Waals surface area contributed by atoms with Gasteiger partial charge in [0.15, 0.2) is 0 Å². The predicted molar refractivity (Wildman–Crippen MR) is 76.5 cm³/mol. The van der Waals surface area contributed by atoms with Crippen LogP contribution in [0.25, 0.3) is 0 Å². The summed E-state index contributed by atoms with van der Waals surface area (Å²) in [6.45, 7) is 1.77. The zero-order valence-corrected chi connectivity index (χ0v) is 11.8. The van der Waals surface area contributed by atoms with Gasteiger partial charge in [-0.25, -0.2) is 9.37 Å². The molecule has 1 N–H and O–H groups in total. The van der Waals surface area contributed by atoms with Gasteiger partial charge < -0.3 is 10.1 Å². The maximum absolute atomic E-state index is 13.8. The highest BCUT2D eigenvalue weighted by Crippen LogP contribution is 2.24. The quantitative estimate of drug-likeness (QED) is 0.692. The summed E-state index contributed by atoms with van der Waals surface area (Å²) < 4.78 is 18.8. The van der Waals surface area contributed by atoms with E-state index in [0.717, 1.165) is 17.7 Å². The average molecular weight is 305 g/mol. The highest BCUT2D eigenvalue weighted by molar-refractivity contribution is 6.05. The normalized spacial score (nSPS) is 10.1. The minimum Gasteiger partial charge on any atom is -0.480 e. The zero-order chi connectivity index (χ0) is 16.3. The van der Waals surface area contributed by atoms with E-state index < -0.39 is 22.3 Å². The van der Waals surface area contributed by atoms with E-state index >= 15 is 0 Å². The molecule has 1 aromatic carbocycles. The first-order chi connectivity index (χ1) is 10.4. The second-order valence-corrected chi connectivity index (χ2v) is 4.44. The molecule has 1 heterocycles. The molecule has 0 unspecified atom stereocenters. The van der Waals surface area contributed by atoms with E-state index in [1.165, 1.54) is 7.11 Å². The van der Waals surface area contributed by atoms with Crippen molar-refractivity contribution in [1.29, 1.82) is 0 Å². The number of rotatable bonds is 4. The number of hydrogen-bond donors (Lipinski definition) is 1. The molecule has 8 heteroatoms. The zero-order valence-electron chi connectivity index (χ0n) is 11.8. The van der Waals surface area contributed by atoms with Crippen LogP contribution in [-0.4, -0.2) is 22.9 Å². The SMILES string of the molecule is COc1ncc(C)cc1NC(=O)c1ccc([N+](=O)[O-])cc1F. The number of nitrogens with zero attached hydrogens (tertiary/aromatic N) is 2. The fourth-order valence-corrected chi connectivity index (χ4v) is 1.80. The Kier molecular flexibility index (Phi) is 4.31. The Morgan fingerprint density at radius 3 is 2.73 bits per heavy atom. The maximum atomic E-state index is 13.8. The van der Waals surface area contributed by atoms with Gasteiger partial charge in [-0.2, -0.15) is 0 Å². The van der Waals surface area contributed by atoms with Crippen molar-refractivity contribution >= 4 is 17.3 Å². The molecule has 1 aromatic heterocycles. The third-order valence-electron chi connectivity index (χ3n) is 2.84. The Labute approximate surface area is 124 Å². The van der Waals surface area contributed by atoms with Crippen molar-refractivity contribution in [2.24, 2.45) is 0 Å². The number of nitro groups is 1. The Balaban J connectivity index is 2.30. The summed E-state index contributed by atoms with van der Waals surface area (Å²) in [5.41, 5.74) is 0.323. The number of carbonyl (C=O) groups is 1. The van der Waals surface area contributed by atoms with Crippen molar-refractivity contribution in [3.63, 3.8) is 0 Å². The lowest BCUT2D eigenvalue weighted by atomic mass is 10.1. The number of halogens is 1. The molecule has 2 aromatic rings. The smallest absolute Gasteiger partial charge is 0.272 e. The molecule has 0 bridgehead atoms. The van der Waals surface area contributed by atoms with Crippen LogP contribution in [0.3, 0.4) is 0 Å². The van der Waals surface area contributed by atoms with Gasteiger partial charge in [-0.3, -0.25) is 14.9 Å². The number of nitro benzene ring substituents is 1. The van der Waals surface area contributed by atoms with Gasteiger partial charge in [-0.1, -0.05) is 0 Å². The van der Waals surface area contributed by atoms with Gasteiger partial charge in [0.2, 0.25) is 5.88 Å². The van der Waals surface area contributed by atoms with E-state index in [4.69, 9.17) is 4.74 Å². The van der Waals surface area contributed by atoms with Crippen LogP contribution < -0.4 is 10.1 Å². The van der Waals surface area contributed by atoms with Crippen molar-refractivity contribution < 1.29 is 18.8 Å². The largest absolute Gasteiger partial charge is 0.480 e. The van der Waals surface area contributed by atoms with Crippen molar-refractivity contribution in [2.75, 3.05) is 12.4 Å². The van der Waals surface area contributed by atoms with Gasteiger partial charge in [-0.15, -0.1) is 0 Å². The van der Waals surface area contributed by atoms with Crippen LogP contribution >= 0.6 is 0 Å². The van der Waals surface area contributed by atoms with Gasteiger partial charge in [0.1, 0.15) is 11.5 Å². The summed E-state index contributed by atoms with van der Waals surface area (Å²) in [5, 5.41) is 13.0. The minimum absolute atomic E-state index is 0.182. The first-order valence-corrected chi connectivity index (χ1v) is 6.18. The number of aryl methyl sites for hydroxylation is 1. The topological polar surface area (TPSA) is 94.4 Å². The predicted octanol–water partition coefficient (Wildman–Crippen LogP) is 2.70. The minimum atomic E-state index is -0.980. The van der Waals surface area contributed by atoms with E-state index in [-0.39, 0.29) is 17.1 Å². The van der Waals surface area contributed by atoms with Crippen LogP contribution in [0.5, 0.6) is 5.88 Å². The van der Waals surface area contributed by atoms with Crippen LogP contribution in [-0.2, 0) is 0 Å². The molecule has 0 radical (unpaired) electrons. The molecule has 0 aliphatic rings. The number of methoxy groups -OCH3 is 1. The van der Waals surface area contributed by atoms with Gasteiger partial charge in [-0.05, 0) is 24.6 Å². The van der Waals surface area contributed by atoms with Crippen molar-refractivity contribution in [2.45, 2.75) is 6.92 Å². The fourth-order valence-electron chi connectivity index (χ4n) is 1.80. The van der Waals surface area contributed by atoms with Crippen LogP contribution in [0.2, 0.25) is 0 Å². The highest BCUT2D eigenvalue weighted by atomic mass is 19.1. The molecule has 0 saturated heterocycles. The van der Waals surface area contributed by atoms with Crippen LogP contribution in [0.15, 0.2) is 30.5 Å². The Morgan fingerprint density at radius 1 is 1.41 bits per heavy atom. The summed E-state index contributed by atoms with van der Waals surface area (Å²) in [6, 6.07) is 4.43. The lowest BCUT2D eigenvalue weighted by Crippen LogP contribution is -2.15. The number of aromatic nitrogens is 1. The van der Waals surface area contributed by atoms with Crippen LogP contribution in [0.4, 0.5) is 15.8 Å². The molecule has 22 heavy (non-hydrogen) atoms. The van der Waals surface area contributed by atoms with Gasteiger partial charge in [0.25, 0.3) is 11.6 Å². The number of hydrogen-bond acceptors (Lipinski definition) is 5. The van der Waals surface area contributed by atoms with Gasteiger partial charge in [0.05, 0.1) is 23.7 Å². The molecule has 2 rings (SSSR count). The average Bonchev–Trinajstić information content (AvgIpc) is 2.47. The number of nitrogens with one attached hydrogen (secondary N) is 1. The molecule has 0 saturated carbocycles. The standard InChI is InChI=1S/C14H12FN3O4/c1-8-5-12(14(22-2)16-7-8)17-13(19)10-4-3-9(18(20)21)6-11(10)15/h3-7H,1-2H3,(H,17,19). The molecule has 0 spiro atoms. The van der Waals surface area contributed by atoms with Crippen molar-refractivity contribution in [3.8, 4) is 5.88 Å². The first-order valence-electron chi connectivity index (χ1n) is 6.18. The highest BCUT2D eigenvalue weighted by Gasteiger charge is 2.18. The number of amides is 1. The van der Waals surface area contributed by atoms with Crippen LogP contribution in [0, 0.1) is 22.9 Å². The third-order valence-corrected chi connectivity index (χ3v) is 2.84. The molecule has 0 aliphatic heterocycles. The fraction of sp³-hybridized carbons (Fsp3) is 0.143. The second-order valence-electron chi connectivity index (χ2n) is 4.44. The molecular formula is C14H12FN3O4. The number of carbonyl (C=O) groups excluding carboxylic acids is 1. The second kappa shape index (κ2) is 6.17. The van der Waals surface area contributed by atoms with E-state index in [1.807, 2.05) is 0 Å². The van der Waals surface area contributed by atoms with E-state index in [1.54, 1.807) is 19.2 Å². The molecule has 0 fully saturated rings. The van der Waals surface area contributed by atoms with Crippen molar-refractivity contribution in [1.82, 2.24) is 4.98 Å². The van der Waals surface area contributed by atoms with E-state index in [2.05, 4.69) is 10.3 Å². The first kappa shape index (κ1) is 15.4. The number of benzene rings is 1. The third kappa shape index (κ3) is 3.17. The van der Waals surface area contributed by atoms with Crippen LogP contribution in [0.1, 0.15) is 15.9 Å². The molecule has 0 aliphatic carbocycles. The number of anilines is 1. The molecule has 114 valence electrons. The summed E-state index contributed by atoms with van der Waals surface area (Å²) >= 11 is 0. The summed E-state index contributed by atoms with van der Waals surface area (Å²) in [5.74, 6) is -1.55.